The monoisotopic (exact) mass is 258 g/mol. The number of nitrogens with two attached hydrogens (primary N) is 1. The van der Waals surface area contributed by atoms with E-state index in [2.05, 4.69) is 4.98 Å². The van der Waals surface area contributed by atoms with Gasteiger partial charge in [0.15, 0.2) is 0 Å². The Bertz CT molecular complexity index is 712. The molecule has 4 nitrogen and oxygen atoms in total. The predicted molar refractivity (Wildman–Crippen MR) is 72.5 cm³/mol. The van der Waals surface area contributed by atoms with Gasteiger partial charge in [0.25, 0.3) is 5.56 Å². The number of thiophene rings is 1. The first-order valence-electron chi connectivity index (χ1n) is 5.36. The SMILES string of the molecule is Nc1c(-c2ccco2)cc(-c2cccs2)[nH]c1=O. The van der Waals surface area contributed by atoms with Crippen LogP contribution in [-0.4, -0.2) is 4.98 Å². The molecule has 3 N–H and O–H groups in total. The maximum Gasteiger partial charge on any atom is 0.272 e. The van der Waals surface area contributed by atoms with Crippen LogP contribution in [0.25, 0.3) is 21.9 Å². The van der Waals surface area contributed by atoms with Crippen molar-refractivity contribution in [3.05, 3.63) is 52.3 Å². The molecule has 3 rings (SSSR count). The lowest BCUT2D eigenvalue weighted by molar-refractivity contribution is 0.582. The second-order valence-corrected chi connectivity index (χ2v) is 4.74. The quantitative estimate of drug-likeness (QED) is 0.742. The van der Waals surface area contributed by atoms with Crippen LogP contribution in [0.3, 0.4) is 0 Å². The van der Waals surface area contributed by atoms with Crippen LogP contribution in [0.15, 0.2) is 51.2 Å². The van der Waals surface area contributed by atoms with Gasteiger partial charge in [-0.05, 0) is 29.6 Å². The zero-order valence-corrected chi connectivity index (χ0v) is 10.2. The van der Waals surface area contributed by atoms with E-state index in [1.54, 1.807) is 29.7 Å². The van der Waals surface area contributed by atoms with Crippen molar-refractivity contribution in [1.82, 2.24) is 4.98 Å². The van der Waals surface area contributed by atoms with Crippen LogP contribution in [0.5, 0.6) is 0 Å². The summed E-state index contributed by atoms with van der Waals surface area (Å²) in [6.45, 7) is 0. The normalized spacial score (nSPS) is 10.7. The van der Waals surface area contributed by atoms with Gasteiger partial charge in [0.2, 0.25) is 0 Å². The Morgan fingerprint density at radius 2 is 2.17 bits per heavy atom. The molecule has 18 heavy (non-hydrogen) atoms. The zero-order valence-electron chi connectivity index (χ0n) is 9.34. The van der Waals surface area contributed by atoms with E-state index in [0.717, 1.165) is 10.6 Å². The van der Waals surface area contributed by atoms with Crippen molar-refractivity contribution in [3.8, 4) is 21.9 Å². The predicted octanol–water partition coefficient (Wildman–Crippen LogP) is 2.95. The molecule has 5 heteroatoms. The number of nitrogens with one attached hydrogen (secondary N) is 1. The summed E-state index contributed by atoms with van der Waals surface area (Å²) < 4.78 is 5.30. The summed E-state index contributed by atoms with van der Waals surface area (Å²) in [6.07, 6.45) is 1.56. The number of hydrogen-bond donors (Lipinski definition) is 2. The highest BCUT2D eigenvalue weighted by molar-refractivity contribution is 7.13. The van der Waals surface area contributed by atoms with Crippen molar-refractivity contribution in [1.29, 1.82) is 0 Å². The van der Waals surface area contributed by atoms with Crippen molar-refractivity contribution in [2.24, 2.45) is 0 Å². The van der Waals surface area contributed by atoms with Crippen LogP contribution in [-0.2, 0) is 0 Å². The van der Waals surface area contributed by atoms with Gasteiger partial charge in [0.1, 0.15) is 11.4 Å². The molecule has 0 fully saturated rings. The number of rotatable bonds is 2. The summed E-state index contributed by atoms with van der Waals surface area (Å²) in [5, 5.41) is 1.95. The fraction of sp³-hybridized carbons (Fsp3) is 0. The summed E-state index contributed by atoms with van der Waals surface area (Å²) in [7, 11) is 0. The summed E-state index contributed by atoms with van der Waals surface area (Å²) in [5.41, 5.74) is 7.03. The molecule has 3 aromatic heterocycles. The van der Waals surface area contributed by atoms with Gasteiger partial charge in [-0.25, -0.2) is 0 Å². The fourth-order valence-electron chi connectivity index (χ4n) is 1.77. The van der Waals surface area contributed by atoms with E-state index < -0.39 is 0 Å². The third-order valence-corrected chi connectivity index (χ3v) is 3.55. The molecule has 0 bridgehead atoms. The van der Waals surface area contributed by atoms with Gasteiger partial charge >= 0.3 is 0 Å². The molecule has 0 saturated heterocycles. The Morgan fingerprint density at radius 3 is 2.83 bits per heavy atom. The molecule has 0 amide bonds. The van der Waals surface area contributed by atoms with Crippen LogP contribution in [0, 0.1) is 0 Å². The van der Waals surface area contributed by atoms with E-state index in [0.29, 0.717) is 11.3 Å². The first-order chi connectivity index (χ1) is 8.75. The summed E-state index contributed by atoms with van der Waals surface area (Å²) >= 11 is 1.55. The van der Waals surface area contributed by atoms with Crippen molar-refractivity contribution in [2.45, 2.75) is 0 Å². The van der Waals surface area contributed by atoms with Gasteiger partial charge in [0.05, 0.1) is 16.8 Å². The highest BCUT2D eigenvalue weighted by Crippen LogP contribution is 2.29. The number of H-pyrrole nitrogens is 1. The summed E-state index contributed by atoms with van der Waals surface area (Å²) in [4.78, 5) is 15.6. The van der Waals surface area contributed by atoms with Crippen LogP contribution in [0.1, 0.15) is 0 Å². The molecule has 0 spiro atoms. The Balaban J connectivity index is 2.24. The smallest absolute Gasteiger partial charge is 0.272 e. The summed E-state index contributed by atoms with van der Waals surface area (Å²) in [6, 6.07) is 9.25. The first kappa shape index (κ1) is 10.9. The van der Waals surface area contributed by atoms with Crippen molar-refractivity contribution in [2.75, 3.05) is 5.73 Å². The molecule has 0 unspecified atom stereocenters. The number of nitrogen functional groups attached to an aromatic ring is 1. The molecule has 3 heterocycles. The Morgan fingerprint density at radius 1 is 1.28 bits per heavy atom. The Labute approximate surface area is 107 Å². The topological polar surface area (TPSA) is 72.0 Å². The molecular weight excluding hydrogens is 248 g/mol. The van der Waals surface area contributed by atoms with E-state index in [1.807, 2.05) is 23.6 Å². The molecule has 0 aliphatic heterocycles. The van der Waals surface area contributed by atoms with Crippen molar-refractivity contribution >= 4 is 17.0 Å². The number of furan rings is 1. The number of pyridine rings is 1. The largest absolute Gasteiger partial charge is 0.464 e. The molecule has 0 saturated carbocycles. The Kier molecular flexibility index (Phi) is 2.53. The maximum absolute atomic E-state index is 11.8. The minimum absolute atomic E-state index is 0.172. The minimum atomic E-state index is -0.299. The van der Waals surface area contributed by atoms with E-state index >= 15 is 0 Å². The number of hydrogen-bond acceptors (Lipinski definition) is 4. The van der Waals surface area contributed by atoms with Crippen LogP contribution in [0.2, 0.25) is 0 Å². The number of aromatic amines is 1. The van der Waals surface area contributed by atoms with Gasteiger partial charge in [-0.1, -0.05) is 6.07 Å². The third-order valence-electron chi connectivity index (χ3n) is 2.64. The minimum Gasteiger partial charge on any atom is -0.464 e. The Hall–Kier alpha value is -2.27. The lowest BCUT2D eigenvalue weighted by Gasteiger charge is -2.05. The number of aromatic nitrogens is 1. The highest BCUT2D eigenvalue weighted by atomic mass is 32.1. The van der Waals surface area contributed by atoms with Gasteiger partial charge in [-0.15, -0.1) is 11.3 Å². The van der Waals surface area contributed by atoms with Gasteiger partial charge < -0.3 is 15.1 Å². The van der Waals surface area contributed by atoms with Crippen LogP contribution < -0.4 is 11.3 Å². The van der Waals surface area contributed by atoms with Crippen molar-refractivity contribution < 1.29 is 4.42 Å². The van der Waals surface area contributed by atoms with E-state index in [9.17, 15) is 4.79 Å². The molecule has 0 radical (unpaired) electrons. The van der Waals surface area contributed by atoms with Gasteiger partial charge in [-0.2, -0.15) is 0 Å². The summed E-state index contributed by atoms with van der Waals surface area (Å²) in [5.74, 6) is 0.594. The second kappa shape index (κ2) is 4.19. The lowest BCUT2D eigenvalue weighted by Crippen LogP contribution is -2.13. The second-order valence-electron chi connectivity index (χ2n) is 3.79. The lowest BCUT2D eigenvalue weighted by atomic mass is 10.1. The molecular formula is C13H10N2O2S. The van der Waals surface area contributed by atoms with E-state index in [1.165, 1.54) is 0 Å². The number of anilines is 1. The molecule has 0 aromatic carbocycles. The van der Waals surface area contributed by atoms with Gasteiger partial charge in [0, 0.05) is 5.56 Å². The van der Waals surface area contributed by atoms with Crippen LogP contribution >= 0.6 is 11.3 Å². The molecule has 0 aliphatic carbocycles. The van der Waals surface area contributed by atoms with Crippen LogP contribution in [0.4, 0.5) is 5.69 Å². The molecule has 0 atom stereocenters. The van der Waals surface area contributed by atoms with Crippen molar-refractivity contribution in [3.63, 3.8) is 0 Å². The van der Waals surface area contributed by atoms with E-state index in [4.69, 9.17) is 10.2 Å². The molecule has 0 aliphatic rings. The fourth-order valence-corrected chi connectivity index (χ4v) is 2.47. The molecule has 90 valence electrons. The average molecular weight is 258 g/mol. The van der Waals surface area contributed by atoms with E-state index in [-0.39, 0.29) is 11.2 Å². The third kappa shape index (κ3) is 1.74. The zero-order chi connectivity index (χ0) is 12.5. The first-order valence-corrected chi connectivity index (χ1v) is 6.24. The molecule has 3 aromatic rings. The highest BCUT2D eigenvalue weighted by Gasteiger charge is 2.12. The average Bonchev–Trinajstić information content (AvgIpc) is 3.03. The maximum atomic E-state index is 11.8. The standard InChI is InChI=1S/C13H10N2O2S/c14-12-8(10-3-1-5-17-10)7-9(15-13(12)16)11-4-2-6-18-11/h1-7H,14H2,(H,15,16). The van der Waals surface area contributed by atoms with Gasteiger partial charge in [-0.3, -0.25) is 4.79 Å².